The first-order valence-corrected chi connectivity index (χ1v) is 9.73. The van der Waals surface area contributed by atoms with Gasteiger partial charge in [-0.25, -0.2) is 14.4 Å². The zero-order valence-corrected chi connectivity index (χ0v) is 16.4. The predicted molar refractivity (Wildman–Crippen MR) is 105 cm³/mol. The van der Waals surface area contributed by atoms with Gasteiger partial charge in [-0.3, -0.25) is 0 Å². The Bertz CT molecular complexity index is 756. The Labute approximate surface area is 160 Å². The maximum Gasteiger partial charge on any atom is 0.216 e. The van der Waals surface area contributed by atoms with E-state index in [4.69, 9.17) is 4.42 Å². The number of nitrogens with zero attached hydrogens (tertiary/aromatic N) is 2. The van der Waals surface area contributed by atoms with Crippen molar-refractivity contribution >= 4 is 5.96 Å². The van der Waals surface area contributed by atoms with Gasteiger partial charge in [0.1, 0.15) is 18.1 Å². The standard InChI is InChI=1S/C21H29FN4O/c1-4-23-20(24-13-19-26-15(2)16(3)27-19)25-14-21(11-5-6-12-21)17-7-9-18(22)10-8-17/h7-10H,4-6,11-14H2,1-3H3,(H2,23,24,25). The monoisotopic (exact) mass is 372 g/mol. The molecular weight excluding hydrogens is 343 g/mol. The Balaban J connectivity index is 1.71. The summed E-state index contributed by atoms with van der Waals surface area (Å²) in [7, 11) is 0. The van der Waals surface area contributed by atoms with Crippen LogP contribution in [0.25, 0.3) is 0 Å². The Hall–Kier alpha value is -2.37. The summed E-state index contributed by atoms with van der Waals surface area (Å²) in [5, 5.41) is 6.77. The zero-order chi connectivity index (χ0) is 19.3. The van der Waals surface area contributed by atoms with E-state index in [1.54, 1.807) is 12.1 Å². The lowest BCUT2D eigenvalue weighted by atomic mass is 9.79. The minimum absolute atomic E-state index is 0.0278. The van der Waals surface area contributed by atoms with Gasteiger partial charge in [-0.2, -0.15) is 0 Å². The van der Waals surface area contributed by atoms with Gasteiger partial charge in [-0.15, -0.1) is 0 Å². The van der Waals surface area contributed by atoms with Gasteiger partial charge < -0.3 is 15.1 Å². The molecule has 3 rings (SSSR count). The molecule has 27 heavy (non-hydrogen) atoms. The molecule has 0 aliphatic heterocycles. The van der Waals surface area contributed by atoms with Gasteiger partial charge >= 0.3 is 0 Å². The third kappa shape index (κ3) is 4.67. The van der Waals surface area contributed by atoms with Crippen molar-refractivity contribution in [2.24, 2.45) is 4.99 Å². The second kappa shape index (κ2) is 8.55. The molecule has 1 aromatic carbocycles. The highest BCUT2D eigenvalue weighted by Gasteiger charge is 2.35. The number of oxazole rings is 1. The van der Waals surface area contributed by atoms with Crippen molar-refractivity contribution in [3.63, 3.8) is 0 Å². The van der Waals surface area contributed by atoms with E-state index in [0.717, 1.165) is 43.3 Å². The van der Waals surface area contributed by atoms with Gasteiger partial charge in [0.15, 0.2) is 5.96 Å². The Kier molecular flexibility index (Phi) is 6.14. The Morgan fingerprint density at radius 3 is 2.48 bits per heavy atom. The molecule has 146 valence electrons. The number of halogens is 1. The number of aliphatic imine (C=N–C) groups is 1. The molecule has 1 aliphatic carbocycles. The molecule has 1 aliphatic rings. The van der Waals surface area contributed by atoms with Crippen molar-refractivity contribution < 1.29 is 8.81 Å². The van der Waals surface area contributed by atoms with Crippen LogP contribution in [0.4, 0.5) is 4.39 Å². The van der Waals surface area contributed by atoms with E-state index >= 15 is 0 Å². The molecule has 0 saturated heterocycles. The fourth-order valence-electron chi connectivity index (χ4n) is 3.77. The normalized spacial score (nSPS) is 16.5. The second-order valence-corrected chi connectivity index (χ2v) is 7.29. The third-order valence-corrected chi connectivity index (χ3v) is 5.40. The van der Waals surface area contributed by atoms with Crippen LogP contribution < -0.4 is 10.6 Å². The molecule has 0 amide bonds. The molecule has 2 aromatic rings. The lowest BCUT2D eigenvalue weighted by Crippen LogP contribution is -2.44. The first-order chi connectivity index (χ1) is 13.0. The molecule has 0 bridgehead atoms. The molecule has 0 unspecified atom stereocenters. The molecule has 0 spiro atoms. The highest BCUT2D eigenvalue weighted by Crippen LogP contribution is 2.40. The lowest BCUT2D eigenvalue weighted by Gasteiger charge is -2.30. The molecule has 0 atom stereocenters. The second-order valence-electron chi connectivity index (χ2n) is 7.29. The molecular formula is C21H29FN4O. The summed E-state index contributed by atoms with van der Waals surface area (Å²) in [6.45, 7) is 7.83. The van der Waals surface area contributed by atoms with Gasteiger partial charge in [0.25, 0.3) is 0 Å². The lowest BCUT2D eigenvalue weighted by molar-refractivity contribution is 0.430. The van der Waals surface area contributed by atoms with Crippen molar-refractivity contribution in [3.8, 4) is 0 Å². The van der Waals surface area contributed by atoms with Crippen LogP contribution in [0.2, 0.25) is 0 Å². The average molecular weight is 372 g/mol. The maximum absolute atomic E-state index is 13.3. The zero-order valence-electron chi connectivity index (χ0n) is 16.4. The number of nitrogens with one attached hydrogen (secondary N) is 2. The minimum atomic E-state index is -0.189. The summed E-state index contributed by atoms with van der Waals surface area (Å²) in [6.07, 6.45) is 4.59. The smallest absolute Gasteiger partial charge is 0.216 e. The van der Waals surface area contributed by atoms with Crippen LogP contribution in [0.1, 0.15) is 55.5 Å². The fourth-order valence-corrected chi connectivity index (χ4v) is 3.77. The van der Waals surface area contributed by atoms with Crippen LogP contribution >= 0.6 is 0 Å². The first-order valence-electron chi connectivity index (χ1n) is 9.73. The highest BCUT2D eigenvalue weighted by molar-refractivity contribution is 5.79. The molecule has 2 N–H and O–H groups in total. The number of aryl methyl sites for hydroxylation is 2. The molecule has 1 aromatic heterocycles. The summed E-state index contributed by atoms with van der Waals surface area (Å²) in [5.41, 5.74) is 2.13. The third-order valence-electron chi connectivity index (χ3n) is 5.40. The van der Waals surface area contributed by atoms with Crippen molar-refractivity contribution in [3.05, 3.63) is 53.0 Å². The summed E-state index contributed by atoms with van der Waals surface area (Å²) < 4.78 is 19.0. The van der Waals surface area contributed by atoms with E-state index in [0.29, 0.717) is 12.4 Å². The van der Waals surface area contributed by atoms with E-state index in [1.165, 1.54) is 18.4 Å². The van der Waals surface area contributed by atoms with Crippen molar-refractivity contribution in [2.45, 2.75) is 58.4 Å². The Morgan fingerprint density at radius 2 is 1.89 bits per heavy atom. The van der Waals surface area contributed by atoms with Gasteiger partial charge in [0.05, 0.1) is 5.69 Å². The Morgan fingerprint density at radius 1 is 1.19 bits per heavy atom. The SMILES string of the molecule is CCNC(=NCc1nc(C)c(C)o1)NCC1(c2ccc(F)cc2)CCCC1. The summed E-state index contributed by atoms with van der Waals surface area (Å²) in [4.78, 5) is 9.00. The van der Waals surface area contributed by atoms with E-state index in [9.17, 15) is 4.39 Å². The van der Waals surface area contributed by atoms with Crippen LogP contribution in [0.5, 0.6) is 0 Å². The summed E-state index contributed by atoms with van der Waals surface area (Å²) in [6, 6.07) is 6.96. The van der Waals surface area contributed by atoms with Crippen LogP contribution in [-0.2, 0) is 12.0 Å². The van der Waals surface area contributed by atoms with Crippen LogP contribution in [0.15, 0.2) is 33.7 Å². The predicted octanol–water partition coefficient (Wildman–Crippen LogP) is 4.00. The van der Waals surface area contributed by atoms with Crippen molar-refractivity contribution in [2.75, 3.05) is 13.1 Å². The van der Waals surface area contributed by atoms with Gasteiger partial charge in [0.2, 0.25) is 5.89 Å². The van der Waals surface area contributed by atoms with E-state index in [-0.39, 0.29) is 11.2 Å². The van der Waals surface area contributed by atoms with Gasteiger partial charge in [-0.05, 0) is 51.3 Å². The number of hydrogen-bond donors (Lipinski definition) is 2. The largest absolute Gasteiger partial charge is 0.444 e. The number of guanidine groups is 1. The highest BCUT2D eigenvalue weighted by atomic mass is 19.1. The van der Waals surface area contributed by atoms with Crippen molar-refractivity contribution in [1.82, 2.24) is 15.6 Å². The van der Waals surface area contributed by atoms with Crippen LogP contribution in [-0.4, -0.2) is 24.0 Å². The molecule has 6 heteroatoms. The maximum atomic E-state index is 13.3. The van der Waals surface area contributed by atoms with E-state index < -0.39 is 0 Å². The van der Waals surface area contributed by atoms with Crippen molar-refractivity contribution in [1.29, 1.82) is 0 Å². The first kappa shape index (κ1) is 19.4. The summed E-state index contributed by atoms with van der Waals surface area (Å²) in [5.74, 6) is 2.02. The topological polar surface area (TPSA) is 62.5 Å². The van der Waals surface area contributed by atoms with Crippen LogP contribution in [0.3, 0.4) is 0 Å². The van der Waals surface area contributed by atoms with Gasteiger partial charge in [-0.1, -0.05) is 25.0 Å². The summed E-state index contributed by atoms with van der Waals surface area (Å²) >= 11 is 0. The number of hydrogen-bond acceptors (Lipinski definition) is 3. The van der Waals surface area contributed by atoms with Crippen LogP contribution in [0, 0.1) is 19.7 Å². The number of benzene rings is 1. The van der Waals surface area contributed by atoms with E-state index in [2.05, 4.69) is 20.6 Å². The number of aromatic nitrogens is 1. The molecule has 1 saturated carbocycles. The molecule has 0 radical (unpaired) electrons. The fraction of sp³-hybridized carbons (Fsp3) is 0.524. The molecule has 5 nitrogen and oxygen atoms in total. The number of rotatable bonds is 6. The molecule has 1 fully saturated rings. The quantitative estimate of drug-likeness (QED) is 0.594. The average Bonchev–Trinajstić information content (AvgIpc) is 3.26. The minimum Gasteiger partial charge on any atom is -0.444 e. The molecule has 1 heterocycles. The van der Waals surface area contributed by atoms with E-state index in [1.807, 2.05) is 32.9 Å². The van der Waals surface area contributed by atoms with Gasteiger partial charge in [0, 0.05) is 18.5 Å².